The van der Waals surface area contributed by atoms with Gasteiger partial charge in [0.2, 0.25) is 10.0 Å². The summed E-state index contributed by atoms with van der Waals surface area (Å²) < 4.78 is 61.5. The molecule has 2 aliphatic heterocycles. The summed E-state index contributed by atoms with van der Waals surface area (Å²) in [6.45, 7) is 5.96. The van der Waals surface area contributed by atoms with E-state index >= 15 is 0 Å². The molecular formula is C21H25F2N3O3S. The zero-order valence-corrected chi connectivity index (χ0v) is 17.8. The van der Waals surface area contributed by atoms with Crippen LogP contribution in [0, 0.1) is 11.6 Å². The minimum Gasteiger partial charge on any atom is -0.379 e. The van der Waals surface area contributed by atoms with Crippen LogP contribution in [0.2, 0.25) is 0 Å². The molecule has 2 heterocycles. The number of fused-ring (bicyclic) bond motifs is 1. The van der Waals surface area contributed by atoms with Gasteiger partial charge in [-0.2, -0.15) is 4.31 Å². The molecule has 0 amide bonds. The first kappa shape index (κ1) is 21.0. The molecule has 1 saturated heterocycles. The van der Waals surface area contributed by atoms with Crippen molar-refractivity contribution in [1.82, 2.24) is 4.31 Å². The van der Waals surface area contributed by atoms with Crippen LogP contribution in [0.1, 0.15) is 19.4 Å². The van der Waals surface area contributed by atoms with Gasteiger partial charge in [0.15, 0.2) is 0 Å². The van der Waals surface area contributed by atoms with Crippen LogP contribution in [0.25, 0.3) is 0 Å². The van der Waals surface area contributed by atoms with Crippen LogP contribution >= 0.6 is 0 Å². The molecule has 0 bridgehead atoms. The second kappa shape index (κ2) is 8.13. The van der Waals surface area contributed by atoms with Gasteiger partial charge in [0, 0.05) is 25.2 Å². The van der Waals surface area contributed by atoms with Gasteiger partial charge in [-0.1, -0.05) is 6.07 Å². The fourth-order valence-electron chi connectivity index (χ4n) is 4.15. The number of hydrogen-bond acceptors (Lipinski definition) is 5. The molecule has 0 aliphatic carbocycles. The molecule has 0 saturated carbocycles. The molecule has 2 aliphatic rings. The fraction of sp³-hybridized carbons (Fsp3) is 0.429. The van der Waals surface area contributed by atoms with E-state index in [1.54, 1.807) is 18.2 Å². The number of morpholine rings is 1. The van der Waals surface area contributed by atoms with Crippen molar-refractivity contribution in [3.05, 3.63) is 53.6 Å². The Labute approximate surface area is 175 Å². The van der Waals surface area contributed by atoms with Crippen LogP contribution in [0.3, 0.4) is 0 Å². The molecule has 162 valence electrons. The number of nitrogens with zero attached hydrogens (tertiary/aromatic N) is 3. The quantitative estimate of drug-likeness (QED) is 0.719. The lowest BCUT2D eigenvalue weighted by Gasteiger charge is -2.29. The molecule has 6 nitrogen and oxygen atoms in total. The molecule has 2 aromatic rings. The van der Waals surface area contributed by atoms with Gasteiger partial charge >= 0.3 is 0 Å². The Balaban J connectivity index is 1.74. The summed E-state index contributed by atoms with van der Waals surface area (Å²) in [5.41, 5.74) is 1.47. The van der Waals surface area contributed by atoms with E-state index in [2.05, 4.69) is 4.90 Å². The second-order valence-electron chi connectivity index (χ2n) is 7.41. The van der Waals surface area contributed by atoms with Crippen LogP contribution in [0.5, 0.6) is 0 Å². The Morgan fingerprint density at radius 3 is 2.33 bits per heavy atom. The summed E-state index contributed by atoms with van der Waals surface area (Å²) in [5, 5.41) is 0. The van der Waals surface area contributed by atoms with Gasteiger partial charge < -0.3 is 14.5 Å². The normalized spacial score (nSPS) is 19.9. The molecule has 1 atom stereocenters. The Morgan fingerprint density at radius 1 is 1.03 bits per heavy atom. The maximum Gasteiger partial charge on any atom is 0.243 e. The predicted octanol–water partition coefficient (Wildman–Crippen LogP) is 3.18. The average Bonchev–Trinajstić information content (AvgIpc) is 3.01. The lowest BCUT2D eigenvalue weighted by atomic mass is 10.1. The van der Waals surface area contributed by atoms with E-state index in [0.29, 0.717) is 38.5 Å². The van der Waals surface area contributed by atoms with Crippen LogP contribution in [0.4, 0.5) is 20.2 Å². The van der Waals surface area contributed by atoms with Crippen molar-refractivity contribution >= 4 is 21.4 Å². The SMILES string of the molecule is CCN1c2ccc(S(=O)(=O)N3CCOCC3)cc2N(Cc2c(F)cccc2F)C1C. The van der Waals surface area contributed by atoms with Crippen molar-refractivity contribution in [3.63, 3.8) is 0 Å². The Bertz CT molecular complexity index is 1020. The minimum atomic E-state index is -3.68. The summed E-state index contributed by atoms with van der Waals surface area (Å²) in [4.78, 5) is 4.10. The fourth-order valence-corrected chi connectivity index (χ4v) is 5.58. The standard InChI is InChI=1S/C21H25F2N3O3S/c1-3-25-15(2)26(14-17-18(22)5-4-6-19(17)23)21-13-16(7-8-20(21)25)30(27,28)24-9-11-29-12-10-24/h4-8,13,15H,3,9-12,14H2,1-2H3. The molecule has 0 N–H and O–H groups in total. The molecule has 4 rings (SSSR count). The first-order valence-electron chi connectivity index (χ1n) is 10.0. The number of rotatable bonds is 5. The van der Waals surface area contributed by atoms with Crippen molar-refractivity contribution in [2.24, 2.45) is 0 Å². The lowest BCUT2D eigenvalue weighted by Crippen LogP contribution is -2.41. The van der Waals surface area contributed by atoms with E-state index in [0.717, 1.165) is 5.69 Å². The maximum absolute atomic E-state index is 14.3. The van der Waals surface area contributed by atoms with Crippen molar-refractivity contribution in [2.45, 2.75) is 31.5 Å². The third-order valence-corrected chi connectivity index (χ3v) is 7.70. The molecule has 9 heteroatoms. The smallest absolute Gasteiger partial charge is 0.243 e. The summed E-state index contributed by atoms with van der Waals surface area (Å²) in [6, 6.07) is 8.80. The molecule has 0 aromatic heterocycles. The van der Waals surface area contributed by atoms with Gasteiger partial charge in [0.25, 0.3) is 0 Å². The Morgan fingerprint density at radius 2 is 1.70 bits per heavy atom. The summed E-state index contributed by atoms with van der Waals surface area (Å²) in [6.07, 6.45) is -0.176. The van der Waals surface area contributed by atoms with Crippen LogP contribution in [-0.4, -0.2) is 51.7 Å². The summed E-state index contributed by atoms with van der Waals surface area (Å²) in [5.74, 6) is -1.23. The summed E-state index contributed by atoms with van der Waals surface area (Å²) >= 11 is 0. The van der Waals surface area contributed by atoms with Crippen molar-refractivity contribution in [3.8, 4) is 0 Å². The highest BCUT2D eigenvalue weighted by atomic mass is 32.2. The maximum atomic E-state index is 14.3. The van der Waals surface area contributed by atoms with Crippen molar-refractivity contribution in [1.29, 1.82) is 0 Å². The van der Waals surface area contributed by atoms with E-state index in [9.17, 15) is 17.2 Å². The van der Waals surface area contributed by atoms with Gasteiger partial charge in [-0.15, -0.1) is 0 Å². The number of halogens is 2. The third kappa shape index (κ3) is 3.55. The zero-order chi connectivity index (χ0) is 21.5. The van der Waals surface area contributed by atoms with Gasteiger partial charge in [-0.3, -0.25) is 0 Å². The number of anilines is 2. The first-order chi connectivity index (χ1) is 14.3. The molecule has 1 fully saturated rings. The Hall–Kier alpha value is -2.23. The van der Waals surface area contributed by atoms with E-state index in [4.69, 9.17) is 4.74 Å². The lowest BCUT2D eigenvalue weighted by molar-refractivity contribution is 0.0730. The molecular weight excluding hydrogens is 412 g/mol. The van der Waals surface area contributed by atoms with Gasteiger partial charge in [0.05, 0.1) is 42.2 Å². The first-order valence-corrected chi connectivity index (χ1v) is 11.5. The topological polar surface area (TPSA) is 53.1 Å². The summed E-state index contributed by atoms with van der Waals surface area (Å²) in [7, 11) is -3.68. The van der Waals surface area contributed by atoms with E-state index < -0.39 is 21.7 Å². The number of ether oxygens (including phenoxy) is 1. The monoisotopic (exact) mass is 437 g/mol. The molecule has 0 spiro atoms. The van der Waals surface area contributed by atoms with Crippen LogP contribution < -0.4 is 9.80 Å². The van der Waals surface area contributed by atoms with Crippen LogP contribution in [-0.2, 0) is 21.3 Å². The molecule has 1 unspecified atom stereocenters. The average molecular weight is 438 g/mol. The van der Waals surface area contributed by atoms with Gasteiger partial charge in [0.1, 0.15) is 11.6 Å². The van der Waals surface area contributed by atoms with E-state index in [1.807, 2.05) is 18.7 Å². The van der Waals surface area contributed by atoms with Gasteiger partial charge in [-0.25, -0.2) is 17.2 Å². The third-order valence-electron chi connectivity index (χ3n) is 5.81. The highest BCUT2D eigenvalue weighted by molar-refractivity contribution is 7.89. The minimum absolute atomic E-state index is 0.00420. The number of benzene rings is 2. The number of sulfonamides is 1. The van der Waals surface area contributed by atoms with E-state index in [-0.39, 0.29) is 23.2 Å². The van der Waals surface area contributed by atoms with Crippen LogP contribution in [0.15, 0.2) is 41.3 Å². The second-order valence-corrected chi connectivity index (χ2v) is 9.35. The molecule has 30 heavy (non-hydrogen) atoms. The highest BCUT2D eigenvalue weighted by Gasteiger charge is 2.35. The molecule has 2 aromatic carbocycles. The Kier molecular flexibility index (Phi) is 5.69. The van der Waals surface area contributed by atoms with Gasteiger partial charge in [-0.05, 0) is 44.2 Å². The van der Waals surface area contributed by atoms with E-state index in [1.165, 1.54) is 22.5 Å². The zero-order valence-electron chi connectivity index (χ0n) is 17.0. The highest BCUT2D eigenvalue weighted by Crippen LogP contribution is 2.42. The predicted molar refractivity (Wildman–Crippen MR) is 111 cm³/mol. The largest absolute Gasteiger partial charge is 0.379 e. The van der Waals surface area contributed by atoms with Crippen molar-refractivity contribution < 1.29 is 21.9 Å². The molecule has 0 radical (unpaired) electrons. The van der Waals surface area contributed by atoms with Crippen molar-refractivity contribution in [2.75, 3.05) is 42.6 Å². The number of hydrogen-bond donors (Lipinski definition) is 0.